The van der Waals surface area contributed by atoms with Crippen LogP contribution in [-0.4, -0.2) is 36.5 Å². The Morgan fingerprint density at radius 3 is 2.31 bits per heavy atom. The van der Waals surface area contributed by atoms with Crippen molar-refractivity contribution in [2.45, 2.75) is 19.9 Å². The van der Waals surface area contributed by atoms with E-state index in [1.807, 2.05) is 6.92 Å². The highest BCUT2D eigenvalue weighted by molar-refractivity contribution is 6.51. The molecule has 36 heavy (non-hydrogen) atoms. The summed E-state index contributed by atoms with van der Waals surface area (Å²) in [7, 11) is 1.50. The van der Waals surface area contributed by atoms with Gasteiger partial charge in [0, 0.05) is 24.2 Å². The van der Waals surface area contributed by atoms with Crippen LogP contribution >= 0.6 is 0 Å². The van der Waals surface area contributed by atoms with Crippen molar-refractivity contribution >= 4 is 29.1 Å². The summed E-state index contributed by atoms with van der Waals surface area (Å²) in [6.07, 6.45) is 0. The van der Waals surface area contributed by atoms with Crippen molar-refractivity contribution in [1.82, 2.24) is 0 Å². The molecule has 8 heteroatoms. The number of carbonyl (C=O) groups is 3. The summed E-state index contributed by atoms with van der Waals surface area (Å²) < 4.78 is 15.9. The number of Topliss-reactive ketones (excluding diaryl/α,β-unsaturated/α-hetero) is 1. The number of esters is 1. The van der Waals surface area contributed by atoms with Crippen LogP contribution in [0.25, 0.3) is 5.76 Å². The smallest absolute Gasteiger partial charge is 0.308 e. The van der Waals surface area contributed by atoms with Gasteiger partial charge in [-0.3, -0.25) is 19.3 Å². The third kappa shape index (κ3) is 4.79. The van der Waals surface area contributed by atoms with Crippen LogP contribution in [0.1, 0.15) is 31.0 Å². The summed E-state index contributed by atoms with van der Waals surface area (Å²) in [4.78, 5) is 39.3. The van der Waals surface area contributed by atoms with E-state index < -0.39 is 23.7 Å². The average Bonchev–Trinajstić information content (AvgIpc) is 3.14. The standard InChI is InChI=1S/C28H25NO7/c1-4-35-23-10-5-7-19(15-23)26(31)24-25(18-11-13-21(14-12-18)36-17(2)30)29(28(33)27(24)32)20-8-6-9-22(16-20)34-3/h5-16,25,31H,4H2,1-3H3/b26-24+. The number of hydrogen-bond acceptors (Lipinski definition) is 7. The third-order valence-electron chi connectivity index (χ3n) is 5.65. The van der Waals surface area contributed by atoms with Crippen molar-refractivity contribution in [2.24, 2.45) is 0 Å². The lowest BCUT2D eigenvalue weighted by molar-refractivity contribution is -0.132. The van der Waals surface area contributed by atoms with Crippen LogP contribution in [0.15, 0.2) is 78.4 Å². The Bertz CT molecular complexity index is 1340. The van der Waals surface area contributed by atoms with E-state index in [1.54, 1.807) is 72.8 Å². The molecule has 1 amide bonds. The Hall–Kier alpha value is -4.59. The molecule has 1 N–H and O–H groups in total. The fraction of sp³-hybridized carbons (Fsp3) is 0.179. The van der Waals surface area contributed by atoms with Crippen LogP contribution in [0.2, 0.25) is 0 Å². The lowest BCUT2D eigenvalue weighted by Crippen LogP contribution is -2.29. The highest BCUT2D eigenvalue weighted by atomic mass is 16.5. The van der Waals surface area contributed by atoms with E-state index in [1.165, 1.54) is 18.9 Å². The molecule has 1 aliphatic rings. The van der Waals surface area contributed by atoms with Gasteiger partial charge >= 0.3 is 5.97 Å². The predicted octanol–water partition coefficient (Wildman–Crippen LogP) is 4.65. The summed E-state index contributed by atoms with van der Waals surface area (Å²) in [5, 5.41) is 11.3. The molecule has 1 saturated heterocycles. The first-order chi connectivity index (χ1) is 17.3. The quantitative estimate of drug-likeness (QED) is 0.170. The topological polar surface area (TPSA) is 102 Å². The molecule has 0 saturated carbocycles. The zero-order chi connectivity index (χ0) is 25.8. The second-order valence-corrected chi connectivity index (χ2v) is 7.99. The van der Waals surface area contributed by atoms with E-state index in [0.717, 1.165) is 0 Å². The Morgan fingerprint density at radius 2 is 1.64 bits per heavy atom. The maximum absolute atomic E-state index is 13.3. The molecular formula is C28H25NO7. The molecule has 1 heterocycles. The minimum atomic E-state index is -0.945. The van der Waals surface area contributed by atoms with Crippen molar-refractivity contribution in [3.8, 4) is 17.2 Å². The van der Waals surface area contributed by atoms with E-state index in [-0.39, 0.29) is 11.3 Å². The number of methoxy groups -OCH3 is 1. The van der Waals surface area contributed by atoms with Gasteiger partial charge in [0.2, 0.25) is 0 Å². The van der Waals surface area contributed by atoms with Gasteiger partial charge in [-0.15, -0.1) is 0 Å². The number of ether oxygens (including phenoxy) is 3. The average molecular weight is 488 g/mol. The van der Waals surface area contributed by atoms with Crippen LogP contribution in [0, 0.1) is 0 Å². The molecule has 8 nitrogen and oxygen atoms in total. The Labute approximate surface area is 208 Å². The number of aliphatic hydroxyl groups is 1. The van der Waals surface area contributed by atoms with Gasteiger partial charge in [-0.25, -0.2) is 0 Å². The molecule has 4 rings (SSSR count). The zero-order valence-corrected chi connectivity index (χ0v) is 20.1. The van der Waals surface area contributed by atoms with Gasteiger partial charge in [0.15, 0.2) is 0 Å². The van der Waals surface area contributed by atoms with Crippen molar-refractivity contribution in [2.75, 3.05) is 18.6 Å². The van der Waals surface area contributed by atoms with E-state index in [9.17, 15) is 19.5 Å². The fourth-order valence-electron chi connectivity index (χ4n) is 4.11. The van der Waals surface area contributed by atoms with Crippen LogP contribution in [0.5, 0.6) is 17.2 Å². The molecule has 0 aromatic heterocycles. The summed E-state index contributed by atoms with van der Waals surface area (Å²) in [6, 6.07) is 18.9. The number of nitrogens with zero attached hydrogens (tertiary/aromatic N) is 1. The summed E-state index contributed by atoms with van der Waals surface area (Å²) in [5.41, 5.74) is 1.23. The van der Waals surface area contributed by atoms with Crippen LogP contribution in [0.4, 0.5) is 5.69 Å². The molecule has 0 bridgehead atoms. The minimum absolute atomic E-state index is 0.0725. The van der Waals surface area contributed by atoms with Crippen molar-refractivity contribution in [3.63, 3.8) is 0 Å². The summed E-state index contributed by atoms with van der Waals surface area (Å²) in [6.45, 7) is 3.56. The number of aliphatic hydroxyl groups excluding tert-OH is 1. The van der Waals surface area contributed by atoms with E-state index in [2.05, 4.69) is 0 Å². The van der Waals surface area contributed by atoms with Crippen LogP contribution in [0.3, 0.4) is 0 Å². The minimum Gasteiger partial charge on any atom is -0.507 e. The van der Waals surface area contributed by atoms with Gasteiger partial charge in [0.05, 0.1) is 25.3 Å². The maximum atomic E-state index is 13.3. The third-order valence-corrected chi connectivity index (χ3v) is 5.65. The van der Waals surface area contributed by atoms with Crippen LogP contribution in [-0.2, 0) is 14.4 Å². The SMILES string of the molecule is CCOc1cccc(/C(O)=C2\C(=O)C(=O)N(c3cccc(OC)c3)C2c2ccc(OC(C)=O)cc2)c1. The molecule has 1 aliphatic heterocycles. The fourth-order valence-corrected chi connectivity index (χ4v) is 4.11. The second-order valence-electron chi connectivity index (χ2n) is 7.99. The highest BCUT2D eigenvalue weighted by Crippen LogP contribution is 2.43. The molecule has 3 aromatic rings. The van der Waals surface area contributed by atoms with Gasteiger partial charge in [-0.1, -0.05) is 30.3 Å². The van der Waals surface area contributed by atoms with Gasteiger partial charge in [-0.05, 0) is 48.9 Å². The normalized spacial score (nSPS) is 16.6. The number of amides is 1. The largest absolute Gasteiger partial charge is 0.507 e. The van der Waals surface area contributed by atoms with Crippen molar-refractivity contribution < 1.29 is 33.7 Å². The molecule has 1 fully saturated rings. The summed E-state index contributed by atoms with van der Waals surface area (Å²) >= 11 is 0. The number of benzene rings is 3. The first-order valence-electron chi connectivity index (χ1n) is 11.3. The Balaban J connectivity index is 1.89. The lowest BCUT2D eigenvalue weighted by atomic mass is 9.95. The molecule has 184 valence electrons. The molecule has 0 radical (unpaired) electrons. The molecule has 0 aliphatic carbocycles. The first kappa shape index (κ1) is 24.5. The molecule has 1 atom stereocenters. The van der Waals surface area contributed by atoms with Crippen LogP contribution < -0.4 is 19.1 Å². The molecule has 1 unspecified atom stereocenters. The number of hydrogen-bond donors (Lipinski definition) is 1. The highest BCUT2D eigenvalue weighted by Gasteiger charge is 2.47. The Morgan fingerprint density at radius 1 is 0.944 bits per heavy atom. The van der Waals surface area contributed by atoms with Gasteiger partial charge in [0.1, 0.15) is 23.0 Å². The van der Waals surface area contributed by atoms with Gasteiger partial charge < -0.3 is 19.3 Å². The van der Waals surface area contributed by atoms with E-state index >= 15 is 0 Å². The molecular weight excluding hydrogens is 462 g/mol. The zero-order valence-electron chi connectivity index (χ0n) is 20.1. The van der Waals surface area contributed by atoms with Gasteiger partial charge in [-0.2, -0.15) is 0 Å². The number of anilines is 1. The Kier molecular flexibility index (Phi) is 7.05. The van der Waals surface area contributed by atoms with Crippen molar-refractivity contribution in [3.05, 3.63) is 89.5 Å². The second kappa shape index (κ2) is 10.4. The molecule has 3 aromatic carbocycles. The van der Waals surface area contributed by atoms with Crippen molar-refractivity contribution in [1.29, 1.82) is 0 Å². The molecule has 0 spiro atoms. The van der Waals surface area contributed by atoms with E-state index in [0.29, 0.717) is 40.7 Å². The summed E-state index contributed by atoms with van der Waals surface area (Å²) in [5.74, 6) is -1.08. The number of carbonyl (C=O) groups excluding carboxylic acids is 3. The van der Waals surface area contributed by atoms with Gasteiger partial charge in [0.25, 0.3) is 11.7 Å². The lowest BCUT2D eigenvalue weighted by Gasteiger charge is -2.26. The monoisotopic (exact) mass is 487 g/mol. The first-order valence-corrected chi connectivity index (χ1v) is 11.3. The maximum Gasteiger partial charge on any atom is 0.308 e. The van der Waals surface area contributed by atoms with E-state index in [4.69, 9.17) is 14.2 Å². The predicted molar refractivity (Wildman–Crippen MR) is 133 cm³/mol. The number of rotatable bonds is 7. The number of ketones is 1.